The van der Waals surface area contributed by atoms with Gasteiger partial charge in [0, 0.05) is 12.0 Å². The van der Waals surface area contributed by atoms with Gasteiger partial charge in [-0.25, -0.2) is 0 Å². The summed E-state index contributed by atoms with van der Waals surface area (Å²) in [6.07, 6.45) is 2.30. The van der Waals surface area contributed by atoms with Gasteiger partial charge >= 0.3 is 0 Å². The van der Waals surface area contributed by atoms with Crippen molar-refractivity contribution in [3.05, 3.63) is 29.8 Å². The van der Waals surface area contributed by atoms with E-state index in [-0.39, 0.29) is 17.4 Å². The van der Waals surface area contributed by atoms with Gasteiger partial charge in [-0.2, -0.15) is 0 Å². The minimum atomic E-state index is -0.309. The SMILES string of the molecule is CCCCC(=O)Nc1ccccc1C(=O)NC(C)(C)C. The van der Waals surface area contributed by atoms with E-state index in [1.54, 1.807) is 18.2 Å². The lowest BCUT2D eigenvalue weighted by Crippen LogP contribution is -2.40. The van der Waals surface area contributed by atoms with Crippen molar-refractivity contribution in [2.45, 2.75) is 52.5 Å². The molecule has 0 fully saturated rings. The first-order valence-electron chi connectivity index (χ1n) is 7.05. The van der Waals surface area contributed by atoms with Crippen LogP contribution in [-0.4, -0.2) is 17.4 Å². The number of hydrogen-bond donors (Lipinski definition) is 2. The van der Waals surface area contributed by atoms with Crippen molar-refractivity contribution in [3.8, 4) is 0 Å². The zero-order chi connectivity index (χ0) is 15.2. The molecule has 20 heavy (non-hydrogen) atoms. The van der Waals surface area contributed by atoms with Crippen LogP contribution in [0.25, 0.3) is 0 Å². The van der Waals surface area contributed by atoms with Crippen molar-refractivity contribution in [1.82, 2.24) is 5.32 Å². The second-order valence-electron chi connectivity index (χ2n) is 5.90. The predicted octanol–water partition coefficient (Wildman–Crippen LogP) is 3.34. The fraction of sp³-hybridized carbons (Fsp3) is 0.500. The van der Waals surface area contributed by atoms with Gasteiger partial charge in [-0.05, 0) is 39.3 Å². The zero-order valence-electron chi connectivity index (χ0n) is 12.7. The van der Waals surface area contributed by atoms with Crippen LogP contribution in [0.3, 0.4) is 0 Å². The summed E-state index contributed by atoms with van der Waals surface area (Å²) in [5.74, 6) is -0.230. The van der Waals surface area contributed by atoms with Crippen LogP contribution in [0.2, 0.25) is 0 Å². The number of amides is 2. The Labute approximate surface area is 121 Å². The molecule has 2 amide bonds. The third-order valence-corrected chi connectivity index (χ3v) is 2.69. The van der Waals surface area contributed by atoms with Gasteiger partial charge in [0.15, 0.2) is 0 Å². The van der Waals surface area contributed by atoms with Crippen LogP contribution in [-0.2, 0) is 4.79 Å². The van der Waals surface area contributed by atoms with E-state index in [0.717, 1.165) is 12.8 Å². The molecule has 0 aliphatic rings. The Morgan fingerprint density at radius 3 is 2.40 bits per heavy atom. The molecule has 4 nitrogen and oxygen atoms in total. The van der Waals surface area contributed by atoms with Gasteiger partial charge in [0.1, 0.15) is 0 Å². The Bertz CT molecular complexity index is 476. The van der Waals surface area contributed by atoms with Crippen LogP contribution in [0, 0.1) is 0 Å². The maximum Gasteiger partial charge on any atom is 0.253 e. The van der Waals surface area contributed by atoms with Gasteiger partial charge in [-0.15, -0.1) is 0 Å². The van der Waals surface area contributed by atoms with E-state index in [1.165, 1.54) is 0 Å². The second kappa shape index (κ2) is 7.08. The molecular formula is C16H24N2O2. The fourth-order valence-electron chi connectivity index (χ4n) is 1.75. The Hall–Kier alpha value is -1.84. The third kappa shape index (κ3) is 5.43. The topological polar surface area (TPSA) is 58.2 Å². The molecule has 110 valence electrons. The van der Waals surface area contributed by atoms with Crippen LogP contribution in [0.5, 0.6) is 0 Å². The number of hydrogen-bond acceptors (Lipinski definition) is 2. The Morgan fingerprint density at radius 2 is 1.80 bits per heavy atom. The van der Waals surface area contributed by atoms with Crippen LogP contribution < -0.4 is 10.6 Å². The summed E-state index contributed by atoms with van der Waals surface area (Å²) < 4.78 is 0. The molecule has 0 aliphatic carbocycles. The van der Waals surface area contributed by atoms with Crippen molar-refractivity contribution in [1.29, 1.82) is 0 Å². The molecule has 0 saturated heterocycles. The summed E-state index contributed by atoms with van der Waals surface area (Å²) in [6.45, 7) is 7.81. The molecule has 1 aromatic rings. The minimum Gasteiger partial charge on any atom is -0.347 e. The Morgan fingerprint density at radius 1 is 1.15 bits per heavy atom. The van der Waals surface area contributed by atoms with E-state index < -0.39 is 0 Å². The molecule has 0 unspecified atom stereocenters. The Balaban J connectivity index is 2.83. The summed E-state index contributed by atoms with van der Waals surface area (Å²) in [5, 5.41) is 5.71. The molecule has 1 aromatic carbocycles. The molecule has 0 atom stereocenters. The molecule has 2 N–H and O–H groups in total. The number of para-hydroxylation sites is 1. The standard InChI is InChI=1S/C16H24N2O2/c1-5-6-11-14(19)17-13-10-8-7-9-12(13)15(20)18-16(2,3)4/h7-10H,5-6,11H2,1-4H3,(H,17,19)(H,18,20). The summed E-state index contributed by atoms with van der Waals surface area (Å²) in [6, 6.07) is 7.07. The minimum absolute atomic E-state index is 0.0529. The molecule has 0 saturated carbocycles. The van der Waals surface area contributed by atoms with E-state index in [0.29, 0.717) is 17.7 Å². The summed E-state index contributed by atoms with van der Waals surface area (Å²) in [5.41, 5.74) is 0.749. The summed E-state index contributed by atoms with van der Waals surface area (Å²) in [4.78, 5) is 24.0. The van der Waals surface area contributed by atoms with Gasteiger partial charge in [0.2, 0.25) is 5.91 Å². The van der Waals surface area contributed by atoms with Crippen LogP contribution in [0.1, 0.15) is 57.3 Å². The highest BCUT2D eigenvalue weighted by Gasteiger charge is 2.18. The molecule has 0 heterocycles. The van der Waals surface area contributed by atoms with Crippen LogP contribution >= 0.6 is 0 Å². The molecule has 0 spiro atoms. The zero-order valence-corrected chi connectivity index (χ0v) is 12.7. The van der Waals surface area contributed by atoms with E-state index in [9.17, 15) is 9.59 Å². The first kappa shape index (κ1) is 16.2. The van der Waals surface area contributed by atoms with E-state index >= 15 is 0 Å². The smallest absolute Gasteiger partial charge is 0.253 e. The van der Waals surface area contributed by atoms with Gasteiger partial charge in [0.25, 0.3) is 5.91 Å². The average molecular weight is 276 g/mol. The van der Waals surface area contributed by atoms with Gasteiger partial charge in [-0.1, -0.05) is 25.5 Å². The molecule has 0 aromatic heterocycles. The number of nitrogens with one attached hydrogen (secondary N) is 2. The van der Waals surface area contributed by atoms with Gasteiger partial charge in [0.05, 0.1) is 11.3 Å². The van der Waals surface area contributed by atoms with E-state index in [4.69, 9.17) is 0 Å². The van der Waals surface area contributed by atoms with E-state index in [2.05, 4.69) is 10.6 Å². The predicted molar refractivity (Wildman–Crippen MR) is 81.8 cm³/mol. The number of carbonyl (C=O) groups excluding carboxylic acids is 2. The highest BCUT2D eigenvalue weighted by molar-refractivity contribution is 6.03. The average Bonchev–Trinajstić information content (AvgIpc) is 2.35. The highest BCUT2D eigenvalue weighted by Crippen LogP contribution is 2.16. The second-order valence-corrected chi connectivity index (χ2v) is 5.90. The first-order valence-corrected chi connectivity index (χ1v) is 7.05. The summed E-state index contributed by atoms with van der Waals surface area (Å²) >= 11 is 0. The number of carbonyl (C=O) groups is 2. The third-order valence-electron chi connectivity index (χ3n) is 2.69. The number of unbranched alkanes of at least 4 members (excludes halogenated alkanes) is 1. The Kier molecular flexibility index (Phi) is 5.74. The van der Waals surface area contributed by atoms with Crippen LogP contribution in [0.4, 0.5) is 5.69 Å². The molecule has 1 rings (SSSR count). The largest absolute Gasteiger partial charge is 0.347 e. The first-order chi connectivity index (χ1) is 9.33. The maximum atomic E-state index is 12.2. The van der Waals surface area contributed by atoms with Gasteiger partial charge < -0.3 is 10.6 Å². The normalized spacial score (nSPS) is 11.0. The van der Waals surface area contributed by atoms with E-state index in [1.807, 2.05) is 33.8 Å². The van der Waals surface area contributed by atoms with Crippen molar-refractivity contribution in [2.24, 2.45) is 0 Å². The molecular weight excluding hydrogens is 252 g/mol. The van der Waals surface area contributed by atoms with Crippen LogP contribution in [0.15, 0.2) is 24.3 Å². The molecule has 0 radical (unpaired) electrons. The highest BCUT2D eigenvalue weighted by atomic mass is 16.2. The van der Waals surface area contributed by atoms with Crippen molar-refractivity contribution in [3.63, 3.8) is 0 Å². The van der Waals surface area contributed by atoms with Crippen molar-refractivity contribution in [2.75, 3.05) is 5.32 Å². The fourth-order valence-corrected chi connectivity index (χ4v) is 1.75. The lowest BCUT2D eigenvalue weighted by Gasteiger charge is -2.21. The number of benzene rings is 1. The van der Waals surface area contributed by atoms with Crippen molar-refractivity contribution < 1.29 is 9.59 Å². The maximum absolute atomic E-state index is 12.2. The summed E-state index contributed by atoms with van der Waals surface area (Å²) in [7, 11) is 0. The molecule has 0 bridgehead atoms. The number of anilines is 1. The number of rotatable bonds is 5. The molecule has 4 heteroatoms. The monoisotopic (exact) mass is 276 g/mol. The van der Waals surface area contributed by atoms with Crippen molar-refractivity contribution >= 4 is 17.5 Å². The quantitative estimate of drug-likeness (QED) is 0.866. The lowest BCUT2D eigenvalue weighted by atomic mass is 10.1. The molecule has 0 aliphatic heterocycles. The lowest BCUT2D eigenvalue weighted by molar-refractivity contribution is -0.116. The van der Waals surface area contributed by atoms with Gasteiger partial charge in [-0.3, -0.25) is 9.59 Å².